The molecule has 192 valence electrons. The highest BCUT2D eigenvalue weighted by molar-refractivity contribution is 5.94. The van der Waals surface area contributed by atoms with Gasteiger partial charge in [-0.05, 0) is 33.4 Å². The van der Waals surface area contributed by atoms with Crippen LogP contribution in [-0.4, -0.2) is 38.8 Å². The first-order valence-corrected chi connectivity index (χ1v) is 12.9. The number of amides is 1. The van der Waals surface area contributed by atoms with Gasteiger partial charge in [-0.2, -0.15) is 5.10 Å². The van der Waals surface area contributed by atoms with E-state index in [0.717, 1.165) is 51.5 Å². The van der Waals surface area contributed by atoms with Crippen LogP contribution in [0.15, 0.2) is 78.9 Å². The summed E-state index contributed by atoms with van der Waals surface area (Å²) in [6, 6.07) is 25.1. The van der Waals surface area contributed by atoms with Gasteiger partial charge in [0.2, 0.25) is 0 Å². The van der Waals surface area contributed by atoms with Crippen LogP contribution in [0.4, 0.5) is 4.39 Å². The van der Waals surface area contributed by atoms with E-state index in [2.05, 4.69) is 33.5 Å². The first-order chi connectivity index (χ1) is 18.6. The fourth-order valence-electron chi connectivity index (χ4n) is 5.55. The zero-order valence-corrected chi connectivity index (χ0v) is 21.0. The topological polar surface area (TPSA) is 70.4 Å². The molecule has 38 heavy (non-hydrogen) atoms. The van der Waals surface area contributed by atoms with Gasteiger partial charge >= 0.3 is 0 Å². The molecule has 5 aromatic rings. The molecule has 6 rings (SSSR count). The van der Waals surface area contributed by atoms with E-state index in [-0.39, 0.29) is 18.3 Å². The molecule has 0 unspecified atom stereocenters. The van der Waals surface area contributed by atoms with E-state index in [1.54, 1.807) is 10.7 Å². The third kappa shape index (κ3) is 4.55. The van der Waals surface area contributed by atoms with Crippen molar-refractivity contribution in [1.29, 1.82) is 0 Å². The van der Waals surface area contributed by atoms with E-state index >= 15 is 0 Å². The van der Waals surface area contributed by atoms with Crippen molar-refractivity contribution < 1.29 is 14.3 Å². The van der Waals surface area contributed by atoms with E-state index < -0.39 is 0 Å². The molecule has 0 spiro atoms. The predicted octanol–water partition coefficient (Wildman–Crippen LogP) is 4.81. The van der Waals surface area contributed by atoms with Gasteiger partial charge in [0.05, 0.1) is 13.2 Å². The monoisotopic (exact) mass is 508 g/mol. The Balaban J connectivity index is 1.25. The average Bonchev–Trinajstić information content (AvgIpc) is 3.31. The van der Waals surface area contributed by atoms with Crippen molar-refractivity contribution in [2.45, 2.75) is 32.6 Å². The molecule has 4 aromatic carbocycles. The van der Waals surface area contributed by atoms with Crippen LogP contribution in [0.1, 0.15) is 32.9 Å². The highest BCUT2D eigenvalue weighted by Gasteiger charge is 2.28. The quantitative estimate of drug-likeness (QED) is 0.331. The highest BCUT2D eigenvalue weighted by atomic mass is 19.1. The van der Waals surface area contributed by atoms with Crippen molar-refractivity contribution >= 4 is 27.5 Å². The number of aliphatic hydroxyl groups is 1. The van der Waals surface area contributed by atoms with Gasteiger partial charge in [0.15, 0.2) is 5.69 Å². The zero-order chi connectivity index (χ0) is 26.1. The number of benzene rings is 4. The largest absolute Gasteiger partial charge is 0.394 e. The van der Waals surface area contributed by atoms with Gasteiger partial charge < -0.3 is 10.4 Å². The molecule has 1 amide bonds. The second kappa shape index (κ2) is 10.4. The van der Waals surface area contributed by atoms with Gasteiger partial charge in [-0.3, -0.25) is 14.4 Å². The lowest BCUT2D eigenvalue weighted by Crippen LogP contribution is -2.32. The Kier molecular flexibility index (Phi) is 6.62. The molecule has 1 aromatic heterocycles. The Morgan fingerprint density at radius 1 is 0.921 bits per heavy atom. The summed E-state index contributed by atoms with van der Waals surface area (Å²) in [5.74, 6) is -0.444. The first-order valence-electron chi connectivity index (χ1n) is 12.9. The predicted molar refractivity (Wildman–Crippen MR) is 146 cm³/mol. The lowest BCUT2D eigenvalue weighted by molar-refractivity contribution is 0.0942. The number of carbonyl (C=O) groups is 1. The van der Waals surface area contributed by atoms with Gasteiger partial charge in [-0.25, -0.2) is 4.39 Å². The van der Waals surface area contributed by atoms with Crippen LogP contribution in [0.5, 0.6) is 0 Å². The summed E-state index contributed by atoms with van der Waals surface area (Å²) in [6.07, 6.45) is 0.720. The molecule has 1 aliphatic heterocycles. The Morgan fingerprint density at radius 3 is 2.53 bits per heavy atom. The minimum absolute atomic E-state index is 0.0452. The van der Waals surface area contributed by atoms with Crippen LogP contribution in [0.3, 0.4) is 0 Å². The molecule has 6 nitrogen and oxygen atoms in total. The number of nitrogens with one attached hydrogen (secondary N) is 1. The molecule has 0 fully saturated rings. The maximum atomic E-state index is 14.4. The molecular formula is C31H29FN4O2. The number of fused-ring (bicyclic) bond motifs is 3. The van der Waals surface area contributed by atoms with Gasteiger partial charge in [-0.15, -0.1) is 0 Å². The number of rotatable bonds is 7. The Hall–Kier alpha value is -4.07. The second-order valence-corrected chi connectivity index (χ2v) is 9.75. The summed E-state index contributed by atoms with van der Waals surface area (Å²) in [6.45, 7) is 2.68. The molecule has 2 heterocycles. The molecule has 0 atom stereocenters. The number of halogens is 1. The van der Waals surface area contributed by atoms with Crippen LogP contribution >= 0.6 is 0 Å². The third-order valence-electron chi connectivity index (χ3n) is 7.41. The van der Waals surface area contributed by atoms with Crippen LogP contribution in [-0.2, 0) is 32.6 Å². The number of hydrogen-bond acceptors (Lipinski definition) is 4. The summed E-state index contributed by atoms with van der Waals surface area (Å²) < 4.78 is 16.1. The standard InChI is InChI=1S/C31H29FN4O2/c32-28-13-12-23(25-10-3-4-11-26(25)28)19-35-15-14-29-27(20-35)30(34-36(29)16-17-37)31(38)33-18-22-8-5-7-21-6-1-2-9-24(21)22/h1-13,37H,14-20H2,(H,33,38). The van der Waals surface area contributed by atoms with Crippen molar-refractivity contribution in [1.82, 2.24) is 20.0 Å². The molecule has 1 aliphatic rings. The number of nitrogens with zero attached hydrogens (tertiary/aromatic N) is 3. The van der Waals surface area contributed by atoms with E-state index in [1.165, 1.54) is 6.07 Å². The second-order valence-electron chi connectivity index (χ2n) is 9.75. The number of aromatic nitrogens is 2. The normalized spacial score (nSPS) is 13.6. The van der Waals surface area contributed by atoms with Gasteiger partial charge in [0.25, 0.3) is 5.91 Å². The van der Waals surface area contributed by atoms with E-state index in [4.69, 9.17) is 0 Å². The molecular weight excluding hydrogens is 479 g/mol. The summed E-state index contributed by atoms with van der Waals surface area (Å²) >= 11 is 0. The van der Waals surface area contributed by atoms with Crippen molar-refractivity contribution in [2.75, 3.05) is 13.2 Å². The summed E-state index contributed by atoms with van der Waals surface area (Å²) in [7, 11) is 0. The van der Waals surface area contributed by atoms with Crippen LogP contribution in [0.25, 0.3) is 21.5 Å². The molecule has 0 saturated carbocycles. The third-order valence-corrected chi connectivity index (χ3v) is 7.41. The van der Waals surface area contributed by atoms with Crippen molar-refractivity contribution in [3.63, 3.8) is 0 Å². The SMILES string of the molecule is O=C(NCc1cccc2ccccc12)c1nn(CCO)c2c1CN(Cc1ccc(F)c3ccccc13)CC2. The van der Waals surface area contributed by atoms with Crippen molar-refractivity contribution in [3.8, 4) is 0 Å². The highest BCUT2D eigenvalue weighted by Crippen LogP contribution is 2.28. The van der Waals surface area contributed by atoms with Crippen molar-refractivity contribution in [2.24, 2.45) is 0 Å². The van der Waals surface area contributed by atoms with Crippen LogP contribution in [0, 0.1) is 5.82 Å². The fraction of sp³-hybridized carbons (Fsp3) is 0.226. The first kappa shape index (κ1) is 24.3. The molecule has 0 aliphatic carbocycles. The van der Waals surface area contributed by atoms with Gasteiger partial charge in [0, 0.05) is 49.2 Å². The minimum atomic E-state index is -0.222. The molecule has 0 bridgehead atoms. The Morgan fingerprint density at radius 2 is 1.68 bits per heavy atom. The lowest BCUT2D eigenvalue weighted by Gasteiger charge is -2.28. The summed E-state index contributed by atoms with van der Waals surface area (Å²) in [4.78, 5) is 15.7. The number of carbonyl (C=O) groups excluding carboxylic acids is 1. The minimum Gasteiger partial charge on any atom is -0.394 e. The average molecular weight is 509 g/mol. The van der Waals surface area contributed by atoms with E-state index in [1.807, 2.05) is 48.5 Å². The summed E-state index contributed by atoms with van der Waals surface area (Å²) in [5.41, 5.74) is 4.39. The number of aliphatic hydroxyl groups excluding tert-OH is 1. The van der Waals surface area contributed by atoms with E-state index in [9.17, 15) is 14.3 Å². The molecule has 2 N–H and O–H groups in total. The Labute approximate surface area is 220 Å². The van der Waals surface area contributed by atoms with Crippen LogP contribution < -0.4 is 5.32 Å². The molecule has 7 heteroatoms. The lowest BCUT2D eigenvalue weighted by atomic mass is 10.0. The maximum Gasteiger partial charge on any atom is 0.272 e. The summed E-state index contributed by atoms with van der Waals surface area (Å²) in [5, 5.41) is 21.1. The maximum absolute atomic E-state index is 14.4. The zero-order valence-electron chi connectivity index (χ0n) is 21.0. The number of hydrogen-bond donors (Lipinski definition) is 2. The van der Waals surface area contributed by atoms with Crippen molar-refractivity contribution in [3.05, 3.63) is 113 Å². The fourth-order valence-corrected chi connectivity index (χ4v) is 5.55. The van der Waals surface area contributed by atoms with Gasteiger partial charge in [0.1, 0.15) is 5.82 Å². The molecule has 0 saturated heterocycles. The van der Waals surface area contributed by atoms with Gasteiger partial charge in [-0.1, -0.05) is 72.8 Å². The Bertz CT molecular complexity index is 1640. The smallest absolute Gasteiger partial charge is 0.272 e. The molecule has 0 radical (unpaired) electrons. The van der Waals surface area contributed by atoms with Crippen LogP contribution in [0.2, 0.25) is 0 Å². The van der Waals surface area contributed by atoms with E-state index in [0.29, 0.717) is 37.3 Å².